The maximum absolute atomic E-state index is 12.3. The van der Waals surface area contributed by atoms with Crippen LogP contribution in [0.25, 0.3) is 0 Å². The Balaban J connectivity index is 1.48. The molecule has 4 amide bonds. The minimum atomic E-state index is -0.954. The van der Waals surface area contributed by atoms with Crippen LogP contribution in [0.5, 0.6) is 0 Å². The van der Waals surface area contributed by atoms with Crippen molar-refractivity contribution in [1.82, 2.24) is 9.80 Å². The summed E-state index contributed by atoms with van der Waals surface area (Å²) >= 11 is 0. The molecule has 0 spiro atoms. The van der Waals surface area contributed by atoms with Crippen LogP contribution in [0.15, 0.2) is 0 Å². The fourth-order valence-corrected chi connectivity index (χ4v) is 2.21. The summed E-state index contributed by atoms with van der Waals surface area (Å²) in [7, 11) is 0. The van der Waals surface area contributed by atoms with Gasteiger partial charge in [0, 0.05) is 6.54 Å². The normalized spacial score (nSPS) is 24.5. The van der Waals surface area contributed by atoms with Gasteiger partial charge < -0.3 is 18.9 Å². The Labute approximate surface area is 148 Å². The van der Waals surface area contributed by atoms with E-state index < -0.39 is 42.7 Å². The molecule has 0 radical (unpaired) electrons. The van der Waals surface area contributed by atoms with Gasteiger partial charge in [0.05, 0.1) is 19.6 Å². The zero-order valence-electron chi connectivity index (χ0n) is 13.9. The number of urea groups is 1. The van der Waals surface area contributed by atoms with E-state index in [0.717, 1.165) is 4.90 Å². The van der Waals surface area contributed by atoms with Gasteiger partial charge in [-0.2, -0.15) is 0 Å². The molecule has 11 heteroatoms. The molecule has 0 N–H and O–H groups in total. The highest BCUT2D eigenvalue weighted by atomic mass is 16.6. The molecule has 3 saturated heterocycles. The van der Waals surface area contributed by atoms with Crippen molar-refractivity contribution < 1.29 is 42.9 Å². The first-order valence-corrected chi connectivity index (χ1v) is 8.13. The van der Waals surface area contributed by atoms with Crippen molar-refractivity contribution in [3.05, 3.63) is 0 Å². The molecular weight excluding hydrogens is 352 g/mol. The van der Waals surface area contributed by atoms with E-state index in [1.807, 2.05) is 0 Å². The van der Waals surface area contributed by atoms with E-state index in [0.29, 0.717) is 18.1 Å². The Morgan fingerprint density at radius 2 is 1.46 bits per heavy atom. The molecule has 26 heavy (non-hydrogen) atoms. The molecule has 0 aliphatic carbocycles. The summed E-state index contributed by atoms with van der Waals surface area (Å²) in [5.74, 6) is -2.88. The van der Waals surface area contributed by atoms with Crippen LogP contribution in [0.2, 0.25) is 0 Å². The number of epoxide rings is 2. The van der Waals surface area contributed by atoms with E-state index in [4.69, 9.17) is 18.9 Å². The second-order valence-corrected chi connectivity index (χ2v) is 6.01. The van der Waals surface area contributed by atoms with E-state index in [9.17, 15) is 24.0 Å². The van der Waals surface area contributed by atoms with Crippen molar-refractivity contribution >= 4 is 29.8 Å². The molecule has 3 heterocycles. The smallest absolute Gasteiger partial charge is 0.333 e. The number of barbiturate groups is 1. The Morgan fingerprint density at radius 3 is 2.04 bits per heavy atom. The molecule has 3 aliphatic rings. The molecule has 2 unspecified atom stereocenters. The summed E-state index contributed by atoms with van der Waals surface area (Å²) in [5, 5.41) is 0. The van der Waals surface area contributed by atoms with Gasteiger partial charge in [-0.15, -0.1) is 0 Å². The maximum atomic E-state index is 12.3. The highest BCUT2D eigenvalue weighted by molar-refractivity contribution is 6.15. The third-order valence-corrected chi connectivity index (χ3v) is 3.86. The first-order chi connectivity index (χ1) is 12.4. The van der Waals surface area contributed by atoms with Crippen LogP contribution in [0, 0.1) is 0 Å². The van der Waals surface area contributed by atoms with Crippen molar-refractivity contribution in [3.63, 3.8) is 0 Å². The lowest BCUT2D eigenvalue weighted by Gasteiger charge is -2.31. The summed E-state index contributed by atoms with van der Waals surface area (Å²) < 4.78 is 19.6. The topological polar surface area (TPSA) is 135 Å². The second-order valence-electron chi connectivity index (χ2n) is 6.01. The fraction of sp³-hybridized carbons (Fsp3) is 0.667. The van der Waals surface area contributed by atoms with E-state index in [-0.39, 0.29) is 38.4 Å². The lowest BCUT2D eigenvalue weighted by Crippen LogP contribution is -2.56. The molecule has 11 nitrogen and oxygen atoms in total. The average Bonchev–Trinajstić information content (AvgIpc) is 3.48. The maximum Gasteiger partial charge on any atom is 0.333 e. The molecule has 2 atom stereocenters. The summed E-state index contributed by atoms with van der Waals surface area (Å²) in [6, 6.07) is -0.954. The Kier molecular flexibility index (Phi) is 5.47. The summed E-state index contributed by atoms with van der Waals surface area (Å²) in [4.78, 5) is 60.9. The number of ether oxygens (including phenoxy) is 4. The number of nitrogens with zero attached hydrogens (tertiary/aromatic N) is 2. The average molecular weight is 370 g/mol. The number of imide groups is 2. The third kappa shape index (κ3) is 4.99. The number of hydrogen-bond donors (Lipinski definition) is 0. The van der Waals surface area contributed by atoms with Gasteiger partial charge in [-0.25, -0.2) is 4.79 Å². The van der Waals surface area contributed by atoms with Crippen LogP contribution in [-0.4, -0.2) is 91.3 Å². The van der Waals surface area contributed by atoms with Crippen LogP contribution in [0.1, 0.15) is 12.8 Å². The van der Waals surface area contributed by atoms with Gasteiger partial charge in [-0.3, -0.25) is 29.0 Å². The predicted octanol–water partition coefficient (Wildman–Crippen LogP) is -1.56. The molecular formula is C15H18N2O9. The first-order valence-electron chi connectivity index (χ1n) is 8.13. The Morgan fingerprint density at radius 1 is 0.923 bits per heavy atom. The summed E-state index contributed by atoms with van der Waals surface area (Å²) in [6.07, 6.45) is -1.000. The highest BCUT2D eigenvalue weighted by Gasteiger charge is 2.39. The minimum absolute atomic E-state index is 0.0498. The molecule has 3 rings (SSSR count). The third-order valence-electron chi connectivity index (χ3n) is 3.86. The summed E-state index contributed by atoms with van der Waals surface area (Å²) in [6.45, 7) is 0.376. The molecule has 0 bridgehead atoms. The van der Waals surface area contributed by atoms with Gasteiger partial charge in [0.25, 0.3) is 0 Å². The van der Waals surface area contributed by atoms with Gasteiger partial charge in [0.1, 0.15) is 38.4 Å². The van der Waals surface area contributed by atoms with E-state index in [1.165, 1.54) is 0 Å². The van der Waals surface area contributed by atoms with E-state index in [2.05, 4.69) is 0 Å². The number of amides is 4. The van der Waals surface area contributed by atoms with Crippen molar-refractivity contribution in [2.24, 2.45) is 0 Å². The van der Waals surface area contributed by atoms with Crippen LogP contribution >= 0.6 is 0 Å². The quantitative estimate of drug-likeness (QED) is 0.268. The van der Waals surface area contributed by atoms with Gasteiger partial charge in [-0.1, -0.05) is 0 Å². The van der Waals surface area contributed by atoms with Crippen LogP contribution in [-0.2, 0) is 38.1 Å². The van der Waals surface area contributed by atoms with Crippen LogP contribution < -0.4 is 0 Å². The minimum Gasteiger partial charge on any atom is -0.463 e. The fourth-order valence-electron chi connectivity index (χ4n) is 2.21. The van der Waals surface area contributed by atoms with E-state index in [1.54, 1.807) is 0 Å². The monoisotopic (exact) mass is 370 g/mol. The van der Waals surface area contributed by atoms with Gasteiger partial charge in [0.15, 0.2) is 0 Å². The SMILES string of the molecule is O=C(CCN1C(=O)CC(=O)N(CC(=O)OCC2CO2)C1=O)OCC1CO1. The van der Waals surface area contributed by atoms with Crippen molar-refractivity contribution in [3.8, 4) is 0 Å². The number of carbonyl (C=O) groups is 5. The number of hydrogen-bond acceptors (Lipinski definition) is 9. The Bertz CT molecular complexity index is 627. The number of esters is 2. The Hall–Kier alpha value is -2.53. The zero-order chi connectivity index (χ0) is 18.7. The lowest BCUT2D eigenvalue weighted by molar-refractivity contribution is -0.152. The first kappa shape index (κ1) is 18.3. The lowest BCUT2D eigenvalue weighted by atomic mass is 10.2. The van der Waals surface area contributed by atoms with Crippen molar-refractivity contribution in [2.75, 3.05) is 39.5 Å². The van der Waals surface area contributed by atoms with Crippen molar-refractivity contribution in [2.45, 2.75) is 25.0 Å². The van der Waals surface area contributed by atoms with Crippen molar-refractivity contribution in [1.29, 1.82) is 0 Å². The number of carbonyl (C=O) groups excluding carboxylic acids is 5. The molecule has 0 aromatic heterocycles. The standard InChI is InChI=1S/C15H18N2O9/c18-11-3-12(19)17(4-14(21)26-8-10-6-24-10)15(22)16(11)2-1-13(20)25-7-9-5-23-9/h9-10H,1-8H2. The largest absolute Gasteiger partial charge is 0.463 e. The van der Waals surface area contributed by atoms with Gasteiger partial charge in [0.2, 0.25) is 11.8 Å². The van der Waals surface area contributed by atoms with Crippen LogP contribution in [0.4, 0.5) is 4.79 Å². The molecule has 3 aliphatic heterocycles. The highest BCUT2D eigenvalue weighted by Crippen LogP contribution is 2.14. The molecule has 3 fully saturated rings. The van der Waals surface area contributed by atoms with Crippen LogP contribution in [0.3, 0.4) is 0 Å². The summed E-state index contributed by atoms with van der Waals surface area (Å²) in [5.41, 5.74) is 0. The number of rotatable bonds is 9. The molecule has 0 aromatic carbocycles. The second kappa shape index (κ2) is 7.79. The predicted molar refractivity (Wildman–Crippen MR) is 79.5 cm³/mol. The zero-order valence-corrected chi connectivity index (χ0v) is 13.9. The molecule has 142 valence electrons. The van der Waals surface area contributed by atoms with Gasteiger partial charge >= 0.3 is 18.0 Å². The molecule has 0 saturated carbocycles. The van der Waals surface area contributed by atoms with Gasteiger partial charge in [-0.05, 0) is 0 Å². The van der Waals surface area contributed by atoms with E-state index >= 15 is 0 Å². The molecule has 0 aromatic rings.